The monoisotopic (exact) mass is 201 g/mol. The molecule has 2 heteroatoms. The van der Waals surface area contributed by atoms with Crippen LogP contribution in [-0.2, 0) is 4.74 Å². The fourth-order valence-corrected chi connectivity index (χ4v) is 1.96. The lowest BCUT2D eigenvalue weighted by Gasteiger charge is -2.31. The predicted octanol–water partition coefficient (Wildman–Crippen LogP) is 2.83. The standard InChI is InChI=1S/C12H27NO/c1-6-9-11(14-8-3)12(13-5)10(4)7-2/h10-13H,6-9H2,1-5H3. The Morgan fingerprint density at radius 1 is 1.21 bits per heavy atom. The Balaban J connectivity index is 4.24. The van der Waals surface area contributed by atoms with Crippen LogP contribution >= 0.6 is 0 Å². The van der Waals surface area contributed by atoms with Gasteiger partial charge in [-0.05, 0) is 26.3 Å². The number of likely N-dealkylation sites (N-methyl/N-ethyl adjacent to an activating group) is 1. The summed E-state index contributed by atoms with van der Waals surface area (Å²) >= 11 is 0. The van der Waals surface area contributed by atoms with Gasteiger partial charge in [-0.25, -0.2) is 0 Å². The van der Waals surface area contributed by atoms with Crippen LogP contribution in [0.4, 0.5) is 0 Å². The van der Waals surface area contributed by atoms with Gasteiger partial charge in [-0.1, -0.05) is 33.6 Å². The molecule has 0 aromatic heterocycles. The summed E-state index contributed by atoms with van der Waals surface area (Å²) in [6.07, 6.45) is 3.94. The molecule has 3 atom stereocenters. The minimum atomic E-state index is 0.380. The Morgan fingerprint density at radius 2 is 1.86 bits per heavy atom. The number of ether oxygens (including phenoxy) is 1. The largest absolute Gasteiger partial charge is 0.377 e. The number of hydrogen-bond donors (Lipinski definition) is 1. The number of rotatable bonds is 8. The maximum Gasteiger partial charge on any atom is 0.0730 e. The van der Waals surface area contributed by atoms with E-state index in [2.05, 4.69) is 33.0 Å². The highest BCUT2D eigenvalue weighted by Gasteiger charge is 2.23. The normalized spacial score (nSPS) is 17.8. The van der Waals surface area contributed by atoms with Crippen molar-refractivity contribution in [2.45, 2.75) is 59.1 Å². The summed E-state index contributed by atoms with van der Waals surface area (Å²) in [6, 6.07) is 0.500. The predicted molar refractivity (Wildman–Crippen MR) is 62.6 cm³/mol. The molecule has 0 radical (unpaired) electrons. The van der Waals surface area contributed by atoms with Gasteiger partial charge >= 0.3 is 0 Å². The molecule has 86 valence electrons. The fraction of sp³-hybridized carbons (Fsp3) is 1.00. The number of hydrogen-bond acceptors (Lipinski definition) is 2. The third-order valence-corrected chi connectivity index (χ3v) is 2.94. The van der Waals surface area contributed by atoms with E-state index in [1.807, 2.05) is 7.05 Å². The molecule has 2 nitrogen and oxygen atoms in total. The minimum Gasteiger partial charge on any atom is -0.377 e. The van der Waals surface area contributed by atoms with Gasteiger partial charge in [-0.15, -0.1) is 0 Å². The molecule has 0 rings (SSSR count). The zero-order valence-electron chi connectivity index (χ0n) is 10.5. The Kier molecular flexibility index (Phi) is 8.20. The van der Waals surface area contributed by atoms with Gasteiger partial charge in [-0.2, -0.15) is 0 Å². The van der Waals surface area contributed by atoms with E-state index in [1.54, 1.807) is 0 Å². The van der Waals surface area contributed by atoms with Crippen molar-refractivity contribution in [2.24, 2.45) is 5.92 Å². The average Bonchev–Trinajstić information content (AvgIpc) is 2.19. The second-order valence-electron chi connectivity index (χ2n) is 3.98. The molecule has 0 heterocycles. The maximum atomic E-state index is 5.80. The van der Waals surface area contributed by atoms with Gasteiger partial charge in [0.15, 0.2) is 0 Å². The molecular formula is C12H27NO. The molecule has 1 N–H and O–H groups in total. The van der Waals surface area contributed by atoms with Crippen LogP contribution in [0.5, 0.6) is 0 Å². The zero-order valence-corrected chi connectivity index (χ0v) is 10.5. The molecule has 0 aliphatic rings. The average molecular weight is 201 g/mol. The van der Waals surface area contributed by atoms with E-state index in [4.69, 9.17) is 4.74 Å². The van der Waals surface area contributed by atoms with Crippen molar-refractivity contribution in [3.05, 3.63) is 0 Å². The molecule has 0 spiro atoms. The molecule has 0 aliphatic heterocycles. The van der Waals surface area contributed by atoms with E-state index < -0.39 is 0 Å². The van der Waals surface area contributed by atoms with Crippen LogP contribution in [0.2, 0.25) is 0 Å². The highest BCUT2D eigenvalue weighted by atomic mass is 16.5. The molecule has 0 fully saturated rings. The van der Waals surface area contributed by atoms with Crippen LogP contribution in [0.25, 0.3) is 0 Å². The lowest BCUT2D eigenvalue weighted by atomic mass is 9.92. The molecule has 0 bridgehead atoms. The van der Waals surface area contributed by atoms with Crippen LogP contribution in [0, 0.1) is 5.92 Å². The van der Waals surface area contributed by atoms with E-state index in [0.717, 1.165) is 13.0 Å². The van der Waals surface area contributed by atoms with Crippen LogP contribution in [0.1, 0.15) is 47.0 Å². The summed E-state index contributed by atoms with van der Waals surface area (Å²) in [5.74, 6) is 0.683. The van der Waals surface area contributed by atoms with Gasteiger partial charge in [0.25, 0.3) is 0 Å². The summed E-state index contributed by atoms with van der Waals surface area (Å²) < 4.78 is 5.80. The quantitative estimate of drug-likeness (QED) is 0.652. The number of nitrogens with one attached hydrogen (secondary N) is 1. The van der Waals surface area contributed by atoms with Crippen molar-refractivity contribution < 1.29 is 4.74 Å². The van der Waals surface area contributed by atoms with Crippen molar-refractivity contribution in [3.63, 3.8) is 0 Å². The first-order valence-corrected chi connectivity index (χ1v) is 5.99. The van der Waals surface area contributed by atoms with E-state index in [0.29, 0.717) is 18.1 Å². The Morgan fingerprint density at radius 3 is 2.21 bits per heavy atom. The summed E-state index contributed by atoms with van der Waals surface area (Å²) in [5.41, 5.74) is 0. The third-order valence-electron chi connectivity index (χ3n) is 2.94. The summed E-state index contributed by atoms with van der Waals surface area (Å²) in [7, 11) is 2.04. The molecule has 0 saturated carbocycles. The maximum absolute atomic E-state index is 5.80. The van der Waals surface area contributed by atoms with Crippen LogP contribution in [-0.4, -0.2) is 25.8 Å². The van der Waals surface area contributed by atoms with Gasteiger partial charge in [0.1, 0.15) is 0 Å². The first-order valence-electron chi connectivity index (χ1n) is 5.99. The minimum absolute atomic E-state index is 0.380. The topological polar surface area (TPSA) is 21.3 Å². The summed E-state index contributed by atoms with van der Waals surface area (Å²) in [6.45, 7) is 9.65. The van der Waals surface area contributed by atoms with E-state index >= 15 is 0 Å². The third kappa shape index (κ3) is 4.43. The van der Waals surface area contributed by atoms with Gasteiger partial charge in [0.05, 0.1) is 6.10 Å². The van der Waals surface area contributed by atoms with Crippen LogP contribution in [0.15, 0.2) is 0 Å². The first-order chi connectivity index (χ1) is 6.71. The highest BCUT2D eigenvalue weighted by Crippen LogP contribution is 2.17. The van der Waals surface area contributed by atoms with Gasteiger partial charge in [-0.3, -0.25) is 0 Å². The van der Waals surface area contributed by atoms with Crippen molar-refractivity contribution in [1.82, 2.24) is 5.32 Å². The zero-order chi connectivity index (χ0) is 11.0. The molecular weight excluding hydrogens is 174 g/mol. The molecule has 0 saturated heterocycles. The summed E-state index contributed by atoms with van der Waals surface area (Å²) in [4.78, 5) is 0. The van der Waals surface area contributed by atoms with Crippen LogP contribution in [0.3, 0.4) is 0 Å². The van der Waals surface area contributed by atoms with E-state index in [-0.39, 0.29) is 0 Å². The summed E-state index contributed by atoms with van der Waals surface area (Å²) in [5, 5.41) is 3.40. The molecule has 0 aromatic rings. The smallest absolute Gasteiger partial charge is 0.0730 e. The first kappa shape index (κ1) is 13.9. The van der Waals surface area contributed by atoms with Crippen molar-refractivity contribution >= 4 is 0 Å². The fourth-order valence-electron chi connectivity index (χ4n) is 1.96. The van der Waals surface area contributed by atoms with Crippen molar-refractivity contribution in [2.75, 3.05) is 13.7 Å². The second-order valence-corrected chi connectivity index (χ2v) is 3.98. The SMILES string of the molecule is CCCC(OCC)C(NC)C(C)CC. The lowest BCUT2D eigenvalue weighted by Crippen LogP contribution is -2.44. The Labute approximate surface area is 89.4 Å². The van der Waals surface area contributed by atoms with Gasteiger partial charge in [0, 0.05) is 12.6 Å². The molecule has 0 aliphatic carbocycles. The molecule has 14 heavy (non-hydrogen) atoms. The van der Waals surface area contributed by atoms with Crippen molar-refractivity contribution in [1.29, 1.82) is 0 Å². The molecule has 0 amide bonds. The Hall–Kier alpha value is -0.0800. The highest BCUT2D eigenvalue weighted by molar-refractivity contribution is 4.80. The van der Waals surface area contributed by atoms with Gasteiger partial charge in [0.2, 0.25) is 0 Å². The second kappa shape index (κ2) is 8.25. The molecule has 0 aromatic carbocycles. The molecule has 3 unspecified atom stereocenters. The van der Waals surface area contributed by atoms with E-state index in [9.17, 15) is 0 Å². The van der Waals surface area contributed by atoms with Crippen LogP contribution < -0.4 is 5.32 Å². The van der Waals surface area contributed by atoms with Gasteiger partial charge < -0.3 is 10.1 Å². The Bertz CT molecular complexity index is 121. The van der Waals surface area contributed by atoms with E-state index in [1.165, 1.54) is 12.8 Å². The lowest BCUT2D eigenvalue weighted by molar-refractivity contribution is 0.0154. The van der Waals surface area contributed by atoms with Crippen molar-refractivity contribution in [3.8, 4) is 0 Å².